The van der Waals surface area contributed by atoms with Crippen LogP contribution < -0.4 is 5.73 Å². The summed E-state index contributed by atoms with van der Waals surface area (Å²) in [5.41, 5.74) is 9.73. The lowest BCUT2D eigenvalue weighted by molar-refractivity contribution is 0.572. The zero-order valence-electron chi connectivity index (χ0n) is 10.8. The van der Waals surface area contributed by atoms with Crippen LogP contribution in [0.3, 0.4) is 0 Å². The van der Waals surface area contributed by atoms with Gasteiger partial charge in [0, 0.05) is 11.6 Å². The lowest BCUT2D eigenvalue weighted by atomic mass is 9.95. The second-order valence-corrected chi connectivity index (χ2v) is 4.72. The fourth-order valence-electron chi connectivity index (χ4n) is 2.14. The van der Waals surface area contributed by atoms with Crippen molar-refractivity contribution >= 4 is 0 Å². The number of nitrogens with two attached hydrogens (primary N) is 1. The Morgan fingerprint density at radius 2 is 1.67 bits per heavy atom. The van der Waals surface area contributed by atoms with E-state index in [9.17, 15) is 4.39 Å². The maximum absolute atomic E-state index is 14.0. The van der Waals surface area contributed by atoms with E-state index in [0.29, 0.717) is 17.5 Å². The highest BCUT2D eigenvalue weighted by Gasteiger charge is 2.14. The van der Waals surface area contributed by atoms with Gasteiger partial charge in [-0.2, -0.15) is 0 Å². The second-order valence-electron chi connectivity index (χ2n) is 4.72. The molecule has 0 aromatic heterocycles. The van der Waals surface area contributed by atoms with Crippen LogP contribution in [-0.2, 0) is 6.42 Å². The molecule has 0 radical (unpaired) electrons. The first-order valence-electron chi connectivity index (χ1n) is 6.14. The molecule has 0 bridgehead atoms. The van der Waals surface area contributed by atoms with Gasteiger partial charge >= 0.3 is 0 Å². The predicted octanol–water partition coefficient (Wildman–Crippen LogP) is 3.69. The molecule has 2 N–H and O–H groups in total. The van der Waals surface area contributed by atoms with Crippen molar-refractivity contribution in [2.45, 2.75) is 26.3 Å². The number of hydrogen-bond acceptors (Lipinski definition) is 1. The van der Waals surface area contributed by atoms with Crippen LogP contribution in [0.2, 0.25) is 0 Å². The summed E-state index contributed by atoms with van der Waals surface area (Å²) < 4.78 is 14.0. The minimum atomic E-state index is -0.300. The molecule has 2 aromatic rings. The summed E-state index contributed by atoms with van der Waals surface area (Å²) in [5, 5.41) is 0. The van der Waals surface area contributed by atoms with Gasteiger partial charge in [0.05, 0.1) is 0 Å². The van der Waals surface area contributed by atoms with E-state index < -0.39 is 0 Å². The van der Waals surface area contributed by atoms with Crippen LogP contribution in [0, 0.1) is 19.7 Å². The third-order valence-electron chi connectivity index (χ3n) is 3.32. The van der Waals surface area contributed by atoms with E-state index >= 15 is 0 Å². The largest absolute Gasteiger partial charge is 0.324 e. The molecular formula is C16H18FN. The van der Waals surface area contributed by atoms with Crippen molar-refractivity contribution in [1.29, 1.82) is 0 Å². The maximum atomic E-state index is 14.0. The predicted molar refractivity (Wildman–Crippen MR) is 72.9 cm³/mol. The van der Waals surface area contributed by atoms with Crippen molar-refractivity contribution < 1.29 is 4.39 Å². The molecule has 0 amide bonds. The molecule has 0 aliphatic carbocycles. The summed E-state index contributed by atoms with van der Waals surface area (Å²) in [6.45, 7) is 3.81. The third kappa shape index (κ3) is 2.59. The number of hydrogen-bond donors (Lipinski definition) is 1. The molecular weight excluding hydrogens is 225 g/mol. The first kappa shape index (κ1) is 12.8. The summed E-state index contributed by atoms with van der Waals surface area (Å²) in [6.07, 6.45) is 0.660. The van der Waals surface area contributed by atoms with Gasteiger partial charge in [0.15, 0.2) is 0 Å². The molecule has 0 spiro atoms. The zero-order chi connectivity index (χ0) is 13.1. The van der Waals surface area contributed by atoms with Crippen molar-refractivity contribution in [2.24, 2.45) is 5.73 Å². The van der Waals surface area contributed by atoms with Crippen LogP contribution >= 0.6 is 0 Å². The molecule has 1 unspecified atom stereocenters. The topological polar surface area (TPSA) is 26.0 Å². The van der Waals surface area contributed by atoms with Crippen molar-refractivity contribution in [3.63, 3.8) is 0 Å². The smallest absolute Gasteiger partial charge is 0.130 e. The van der Waals surface area contributed by atoms with E-state index in [1.54, 1.807) is 19.1 Å². The third-order valence-corrected chi connectivity index (χ3v) is 3.32. The van der Waals surface area contributed by atoms with Gasteiger partial charge in [-0.25, -0.2) is 4.39 Å². The van der Waals surface area contributed by atoms with Gasteiger partial charge in [-0.15, -0.1) is 0 Å². The SMILES string of the molecule is Cc1ccccc1CC(N)c1cccc(C)c1F. The molecule has 0 fully saturated rings. The van der Waals surface area contributed by atoms with Gasteiger partial charge in [-0.3, -0.25) is 0 Å². The molecule has 2 rings (SSSR count). The first-order valence-corrected chi connectivity index (χ1v) is 6.14. The lowest BCUT2D eigenvalue weighted by Crippen LogP contribution is -2.16. The Balaban J connectivity index is 2.25. The second kappa shape index (κ2) is 5.32. The Labute approximate surface area is 107 Å². The Kier molecular flexibility index (Phi) is 3.78. The molecule has 2 heteroatoms. The van der Waals surface area contributed by atoms with E-state index in [-0.39, 0.29) is 11.9 Å². The van der Waals surface area contributed by atoms with Gasteiger partial charge in [-0.1, -0.05) is 42.5 Å². The Bertz CT molecular complexity index is 549. The van der Waals surface area contributed by atoms with Crippen molar-refractivity contribution in [1.82, 2.24) is 0 Å². The standard InChI is InChI=1S/C16H18FN/c1-11-6-3-4-8-13(11)10-15(18)14-9-5-7-12(2)16(14)17/h3-9,15H,10,18H2,1-2H3. The number of halogens is 1. The summed E-state index contributed by atoms with van der Waals surface area (Å²) in [7, 11) is 0. The first-order chi connectivity index (χ1) is 8.59. The molecule has 94 valence electrons. The molecule has 0 aliphatic heterocycles. The normalized spacial score (nSPS) is 12.4. The number of aryl methyl sites for hydroxylation is 2. The molecule has 1 nitrogen and oxygen atoms in total. The van der Waals surface area contributed by atoms with Gasteiger partial charge < -0.3 is 5.73 Å². The molecule has 0 saturated heterocycles. The van der Waals surface area contributed by atoms with Crippen molar-refractivity contribution in [2.75, 3.05) is 0 Å². The van der Waals surface area contributed by atoms with Crippen LogP contribution in [0.5, 0.6) is 0 Å². The van der Waals surface area contributed by atoms with E-state index in [4.69, 9.17) is 5.73 Å². The van der Waals surface area contributed by atoms with E-state index in [1.807, 2.05) is 24.3 Å². The van der Waals surface area contributed by atoms with Crippen LogP contribution in [0.4, 0.5) is 4.39 Å². The fraction of sp³-hybridized carbons (Fsp3) is 0.250. The Hall–Kier alpha value is -1.67. The van der Waals surface area contributed by atoms with E-state index in [1.165, 1.54) is 11.1 Å². The Morgan fingerprint density at radius 3 is 2.39 bits per heavy atom. The van der Waals surface area contributed by atoms with Crippen molar-refractivity contribution in [3.05, 3.63) is 70.5 Å². The van der Waals surface area contributed by atoms with Crippen LogP contribution in [0.15, 0.2) is 42.5 Å². The number of benzene rings is 2. The number of rotatable bonds is 3. The average Bonchev–Trinajstić information content (AvgIpc) is 2.35. The Morgan fingerprint density at radius 1 is 1.00 bits per heavy atom. The van der Waals surface area contributed by atoms with Gasteiger partial charge in [0.1, 0.15) is 5.82 Å². The minimum Gasteiger partial charge on any atom is -0.324 e. The van der Waals surface area contributed by atoms with Gasteiger partial charge in [0.25, 0.3) is 0 Å². The van der Waals surface area contributed by atoms with E-state index in [0.717, 1.165) is 0 Å². The molecule has 0 heterocycles. The average molecular weight is 243 g/mol. The monoisotopic (exact) mass is 243 g/mol. The zero-order valence-corrected chi connectivity index (χ0v) is 10.8. The minimum absolute atomic E-state index is 0.182. The highest BCUT2D eigenvalue weighted by Crippen LogP contribution is 2.22. The fourth-order valence-corrected chi connectivity index (χ4v) is 2.14. The highest BCUT2D eigenvalue weighted by atomic mass is 19.1. The molecule has 0 aliphatic rings. The molecule has 18 heavy (non-hydrogen) atoms. The van der Waals surface area contributed by atoms with E-state index in [2.05, 4.69) is 13.0 Å². The molecule has 1 atom stereocenters. The quantitative estimate of drug-likeness (QED) is 0.874. The lowest BCUT2D eigenvalue weighted by Gasteiger charge is -2.15. The maximum Gasteiger partial charge on any atom is 0.130 e. The molecule has 2 aromatic carbocycles. The highest BCUT2D eigenvalue weighted by molar-refractivity contribution is 5.31. The van der Waals surface area contributed by atoms with Crippen LogP contribution in [-0.4, -0.2) is 0 Å². The summed E-state index contributed by atoms with van der Waals surface area (Å²) in [5.74, 6) is -0.182. The van der Waals surface area contributed by atoms with Gasteiger partial charge in [-0.05, 0) is 37.0 Å². The van der Waals surface area contributed by atoms with Crippen molar-refractivity contribution in [3.8, 4) is 0 Å². The summed E-state index contributed by atoms with van der Waals surface area (Å²) >= 11 is 0. The van der Waals surface area contributed by atoms with Crippen LogP contribution in [0.25, 0.3) is 0 Å². The summed E-state index contributed by atoms with van der Waals surface area (Å²) in [4.78, 5) is 0. The van der Waals surface area contributed by atoms with Gasteiger partial charge in [0.2, 0.25) is 0 Å². The van der Waals surface area contributed by atoms with Crippen LogP contribution in [0.1, 0.15) is 28.3 Å². The summed E-state index contributed by atoms with van der Waals surface area (Å²) in [6, 6.07) is 13.2. The molecule has 0 saturated carbocycles.